The monoisotopic (exact) mass is 187 g/mol. The SMILES string of the molecule is C=Cc1ccccc1/C(C)=C\N(C)C. The summed E-state index contributed by atoms with van der Waals surface area (Å²) in [7, 11) is 4.06. The second kappa shape index (κ2) is 4.66. The van der Waals surface area contributed by atoms with Crippen molar-refractivity contribution in [1.82, 2.24) is 4.90 Å². The fourth-order valence-corrected chi connectivity index (χ4v) is 1.49. The van der Waals surface area contributed by atoms with Crippen LogP contribution in [-0.4, -0.2) is 19.0 Å². The highest BCUT2D eigenvalue weighted by atomic mass is 15.0. The molecule has 0 bridgehead atoms. The van der Waals surface area contributed by atoms with E-state index in [-0.39, 0.29) is 0 Å². The number of hydrogen-bond acceptors (Lipinski definition) is 1. The third kappa shape index (κ3) is 2.49. The van der Waals surface area contributed by atoms with E-state index in [0.29, 0.717) is 0 Å². The van der Waals surface area contributed by atoms with E-state index in [1.807, 2.05) is 26.2 Å². The fourth-order valence-electron chi connectivity index (χ4n) is 1.49. The van der Waals surface area contributed by atoms with E-state index in [4.69, 9.17) is 0 Å². The molecule has 0 spiro atoms. The summed E-state index contributed by atoms with van der Waals surface area (Å²) in [6.45, 7) is 5.93. The summed E-state index contributed by atoms with van der Waals surface area (Å²) in [6.07, 6.45) is 4.00. The molecule has 1 aromatic rings. The molecule has 0 radical (unpaired) electrons. The van der Waals surface area contributed by atoms with Gasteiger partial charge in [-0.05, 0) is 23.6 Å². The van der Waals surface area contributed by atoms with Gasteiger partial charge in [0.1, 0.15) is 0 Å². The highest BCUT2D eigenvalue weighted by Crippen LogP contribution is 2.19. The molecule has 0 N–H and O–H groups in total. The van der Waals surface area contributed by atoms with E-state index in [0.717, 1.165) is 0 Å². The maximum Gasteiger partial charge on any atom is 0.00557 e. The number of nitrogens with zero attached hydrogens (tertiary/aromatic N) is 1. The molecule has 0 unspecified atom stereocenters. The van der Waals surface area contributed by atoms with Crippen LogP contribution in [0.5, 0.6) is 0 Å². The molecule has 0 atom stereocenters. The largest absolute Gasteiger partial charge is 0.383 e. The van der Waals surface area contributed by atoms with Gasteiger partial charge in [0.25, 0.3) is 0 Å². The van der Waals surface area contributed by atoms with Gasteiger partial charge < -0.3 is 4.90 Å². The standard InChI is InChI=1S/C13H17N/c1-5-12-8-6-7-9-13(12)11(2)10-14(3)4/h5-10H,1H2,2-4H3/b11-10-. The second-order valence-electron chi connectivity index (χ2n) is 3.57. The molecule has 0 heterocycles. The molecule has 74 valence electrons. The van der Waals surface area contributed by atoms with E-state index in [1.54, 1.807) is 0 Å². The maximum atomic E-state index is 3.81. The molecule has 0 fully saturated rings. The quantitative estimate of drug-likeness (QED) is 0.702. The zero-order valence-corrected chi connectivity index (χ0v) is 9.12. The van der Waals surface area contributed by atoms with Gasteiger partial charge in [0.05, 0.1) is 0 Å². The predicted octanol–water partition coefficient (Wildman–Crippen LogP) is 3.25. The molecule has 0 aliphatic rings. The summed E-state index contributed by atoms with van der Waals surface area (Å²) in [4.78, 5) is 2.05. The van der Waals surface area contributed by atoms with Gasteiger partial charge in [-0.15, -0.1) is 0 Å². The smallest absolute Gasteiger partial charge is 0.00557 e. The Balaban J connectivity index is 3.11. The maximum absolute atomic E-state index is 3.81. The molecule has 0 aliphatic carbocycles. The Labute approximate surface area is 86.4 Å². The number of hydrogen-bond donors (Lipinski definition) is 0. The van der Waals surface area contributed by atoms with E-state index in [2.05, 4.69) is 42.8 Å². The molecular formula is C13H17N. The van der Waals surface area contributed by atoms with Crippen molar-refractivity contribution >= 4 is 11.6 Å². The second-order valence-corrected chi connectivity index (χ2v) is 3.57. The Hall–Kier alpha value is -1.50. The zero-order valence-electron chi connectivity index (χ0n) is 9.12. The lowest BCUT2D eigenvalue weighted by atomic mass is 10.0. The predicted molar refractivity (Wildman–Crippen MR) is 63.9 cm³/mol. The van der Waals surface area contributed by atoms with E-state index >= 15 is 0 Å². The van der Waals surface area contributed by atoms with Crippen molar-refractivity contribution in [3.63, 3.8) is 0 Å². The molecule has 14 heavy (non-hydrogen) atoms. The zero-order chi connectivity index (χ0) is 10.6. The summed E-state index contributed by atoms with van der Waals surface area (Å²) in [6, 6.07) is 8.28. The summed E-state index contributed by atoms with van der Waals surface area (Å²) in [5, 5.41) is 0. The third-order valence-corrected chi connectivity index (χ3v) is 2.06. The number of rotatable bonds is 3. The van der Waals surface area contributed by atoms with Gasteiger partial charge in [0.15, 0.2) is 0 Å². The molecule has 0 saturated heterocycles. The first-order chi connectivity index (χ1) is 6.65. The molecular weight excluding hydrogens is 170 g/mol. The van der Waals surface area contributed by atoms with Gasteiger partial charge >= 0.3 is 0 Å². The van der Waals surface area contributed by atoms with Crippen LogP contribution in [0.3, 0.4) is 0 Å². The first-order valence-electron chi connectivity index (χ1n) is 4.72. The fraction of sp³-hybridized carbons (Fsp3) is 0.231. The molecule has 0 saturated carbocycles. The summed E-state index contributed by atoms with van der Waals surface area (Å²) in [5.41, 5.74) is 3.69. The molecule has 0 aliphatic heterocycles. The van der Waals surface area contributed by atoms with Crippen LogP contribution < -0.4 is 0 Å². The van der Waals surface area contributed by atoms with Crippen LogP contribution in [0, 0.1) is 0 Å². The summed E-state index contributed by atoms with van der Waals surface area (Å²) in [5.74, 6) is 0. The molecule has 1 aromatic carbocycles. The lowest BCUT2D eigenvalue weighted by Crippen LogP contribution is -2.02. The normalized spacial score (nSPS) is 11.2. The van der Waals surface area contributed by atoms with Crippen LogP contribution in [0.25, 0.3) is 11.6 Å². The van der Waals surface area contributed by atoms with Crippen LogP contribution in [-0.2, 0) is 0 Å². The minimum atomic E-state index is 1.18. The first-order valence-corrected chi connectivity index (χ1v) is 4.72. The van der Waals surface area contributed by atoms with Gasteiger partial charge in [-0.2, -0.15) is 0 Å². The van der Waals surface area contributed by atoms with Gasteiger partial charge in [-0.25, -0.2) is 0 Å². The number of benzene rings is 1. The first kappa shape index (κ1) is 10.6. The van der Waals surface area contributed by atoms with Crippen molar-refractivity contribution in [2.24, 2.45) is 0 Å². The number of allylic oxidation sites excluding steroid dienone is 1. The lowest BCUT2D eigenvalue weighted by molar-refractivity contribution is 0.565. The van der Waals surface area contributed by atoms with Crippen LogP contribution in [0.1, 0.15) is 18.1 Å². The van der Waals surface area contributed by atoms with Crippen LogP contribution in [0.15, 0.2) is 37.0 Å². The minimum Gasteiger partial charge on any atom is -0.383 e. The van der Waals surface area contributed by atoms with Crippen molar-refractivity contribution in [3.05, 3.63) is 48.2 Å². The van der Waals surface area contributed by atoms with E-state index in [1.165, 1.54) is 16.7 Å². The van der Waals surface area contributed by atoms with Gasteiger partial charge in [0.2, 0.25) is 0 Å². The van der Waals surface area contributed by atoms with Crippen LogP contribution in [0.4, 0.5) is 0 Å². The van der Waals surface area contributed by atoms with Crippen molar-refractivity contribution in [2.75, 3.05) is 14.1 Å². The Morgan fingerprint density at radius 3 is 2.50 bits per heavy atom. The average Bonchev–Trinajstić information content (AvgIpc) is 2.16. The van der Waals surface area contributed by atoms with Gasteiger partial charge in [-0.1, -0.05) is 36.9 Å². The Bertz CT molecular complexity index is 348. The molecule has 1 rings (SSSR count). The summed E-state index contributed by atoms with van der Waals surface area (Å²) >= 11 is 0. The Morgan fingerprint density at radius 2 is 1.93 bits per heavy atom. The minimum absolute atomic E-state index is 1.18. The Morgan fingerprint density at radius 1 is 1.29 bits per heavy atom. The molecule has 0 aromatic heterocycles. The third-order valence-electron chi connectivity index (χ3n) is 2.06. The van der Waals surface area contributed by atoms with Crippen LogP contribution >= 0.6 is 0 Å². The van der Waals surface area contributed by atoms with Crippen molar-refractivity contribution in [3.8, 4) is 0 Å². The van der Waals surface area contributed by atoms with Crippen molar-refractivity contribution in [1.29, 1.82) is 0 Å². The molecule has 1 heteroatoms. The van der Waals surface area contributed by atoms with Crippen molar-refractivity contribution < 1.29 is 0 Å². The lowest BCUT2D eigenvalue weighted by Gasteiger charge is -2.10. The summed E-state index contributed by atoms with van der Waals surface area (Å²) < 4.78 is 0. The topological polar surface area (TPSA) is 3.24 Å². The van der Waals surface area contributed by atoms with Crippen molar-refractivity contribution in [2.45, 2.75) is 6.92 Å². The van der Waals surface area contributed by atoms with Gasteiger partial charge in [-0.3, -0.25) is 0 Å². The van der Waals surface area contributed by atoms with Gasteiger partial charge in [0, 0.05) is 20.3 Å². The highest BCUT2D eigenvalue weighted by Gasteiger charge is 1.99. The highest BCUT2D eigenvalue weighted by molar-refractivity contribution is 5.72. The Kier molecular flexibility index (Phi) is 3.52. The van der Waals surface area contributed by atoms with E-state index in [9.17, 15) is 0 Å². The molecule has 0 amide bonds. The van der Waals surface area contributed by atoms with E-state index < -0.39 is 0 Å². The molecule has 1 nitrogen and oxygen atoms in total. The average molecular weight is 187 g/mol. The van der Waals surface area contributed by atoms with Crippen LogP contribution in [0.2, 0.25) is 0 Å².